The molecule has 0 bridgehead atoms. The molecule has 1 aromatic carbocycles. The molecule has 0 heterocycles. The Morgan fingerprint density at radius 3 is 2.62 bits per heavy atom. The van der Waals surface area contributed by atoms with E-state index in [1.807, 2.05) is 24.3 Å². The van der Waals surface area contributed by atoms with E-state index in [4.69, 9.17) is 15.6 Å². The van der Waals surface area contributed by atoms with Crippen LogP contribution in [0.25, 0.3) is 0 Å². The van der Waals surface area contributed by atoms with Crippen molar-refractivity contribution in [2.24, 2.45) is 5.73 Å². The van der Waals surface area contributed by atoms with Gasteiger partial charge in [-0.1, -0.05) is 18.2 Å². The molecule has 3 N–H and O–H groups in total. The highest BCUT2D eigenvalue weighted by molar-refractivity contribution is 5.85. The number of methoxy groups -OCH3 is 1. The SMILES string of the molecule is COc1ccccc1C(N)CO.Cl. The third kappa shape index (κ3) is 2.88. The molecule has 3 nitrogen and oxygen atoms in total. The summed E-state index contributed by atoms with van der Waals surface area (Å²) < 4.78 is 5.08. The monoisotopic (exact) mass is 203 g/mol. The Hall–Kier alpha value is -0.770. The van der Waals surface area contributed by atoms with E-state index in [0.29, 0.717) is 0 Å². The van der Waals surface area contributed by atoms with E-state index in [2.05, 4.69) is 0 Å². The highest BCUT2D eigenvalue weighted by Crippen LogP contribution is 2.22. The van der Waals surface area contributed by atoms with Crippen molar-refractivity contribution < 1.29 is 9.84 Å². The molecule has 4 heteroatoms. The molecule has 1 rings (SSSR count). The van der Waals surface area contributed by atoms with Gasteiger partial charge < -0.3 is 15.6 Å². The Morgan fingerprint density at radius 1 is 1.46 bits per heavy atom. The first kappa shape index (κ1) is 12.2. The Labute approximate surface area is 83.9 Å². The van der Waals surface area contributed by atoms with Crippen molar-refractivity contribution in [1.82, 2.24) is 0 Å². The van der Waals surface area contributed by atoms with E-state index in [1.54, 1.807) is 7.11 Å². The predicted molar refractivity (Wildman–Crippen MR) is 54.3 cm³/mol. The number of halogens is 1. The molecule has 74 valence electrons. The summed E-state index contributed by atoms with van der Waals surface area (Å²) in [5.74, 6) is 0.721. The lowest BCUT2D eigenvalue weighted by Gasteiger charge is -2.12. The normalized spacial score (nSPS) is 11.6. The first-order chi connectivity index (χ1) is 5.79. The van der Waals surface area contributed by atoms with E-state index in [-0.39, 0.29) is 25.1 Å². The fourth-order valence-electron chi connectivity index (χ4n) is 1.07. The van der Waals surface area contributed by atoms with E-state index >= 15 is 0 Å². The van der Waals surface area contributed by atoms with Gasteiger partial charge in [-0.15, -0.1) is 12.4 Å². The summed E-state index contributed by atoms with van der Waals surface area (Å²) in [6, 6.07) is 7.05. The number of aliphatic hydroxyl groups excluding tert-OH is 1. The minimum Gasteiger partial charge on any atom is -0.496 e. The molecule has 0 spiro atoms. The summed E-state index contributed by atoms with van der Waals surface area (Å²) in [5.41, 5.74) is 6.48. The number of benzene rings is 1. The van der Waals surface area contributed by atoms with Crippen LogP contribution < -0.4 is 10.5 Å². The van der Waals surface area contributed by atoms with E-state index in [0.717, 1.165) is 11.3 Å². The zero-order chi connectivity index (χ0) is 8.97. The second-order valence-corrected chi connectivity index (χ2v) is 2.53. The minimum absolute atomic E-state index is 0. The second kappa shape index (κ2) is 5.80. The molecule has 1 aromatic rings. The highest BCUT2D eigenvalue weighted by Gasteiger charge is 2.08. The van der Waals surface area contributed by atoms with Gasteiger partial charge in [0.05, 0.1) is 19.8 Å². The molecule has 0 saturated heterocycles. The molecule has 0 radical (unpaired) electrons. The van der Waals surface area contributed by atoms with Crippen LogP contribution in [-0.2, 0) is 0 Å². The topological polar surface area (TPSA) is 55.5 Å². The fraction of sp³-hybridized carbons (Fsp3) is 0.333. The van der Waals surface area contributed by atoms with Crippen LogP contribution in [0.1, 0.15) is 11.6 Å². The summed E-state index contributed by atoms with van der Waals surface area (Å²) in [6.45, 7) is -0.0691. The molecule has 0 saturated carbocycles. The van der Waals surface area contributed by atoms with Gasteiger partial charge in [0.2, 0.25) is 0 Å². The first-order valence-electron chi connectivity index (χ1n) is 3.79. The van der Waals surface area contributed by atoms with Crippen molar-refractivity contribution in [3.8, 4) is 5.75 Å². The quantitative estimate of drug-likeness (QED) is 0.774. The van der Waals surface area contributed by atoms with Gasteiger partial charge in [-0.25, -0.2) is 0 Å². The Kier molecular flexibility index (Phi) is 5.46. The summed E-state index contributed by atoms with van der Waals surface area (Å²) in [7, 11) is 1.59. The molecule has 1 atom stereocenters. The number of para-hydroxylation sites is 1. The van der Waals surface area contributed by atoms with Crippen LogP contribution in [-0.4, -0.2) is 18.8 Å². The van der Waals surface area contributed by atoms with E-state index in [9.17, 15) is 0 Å². The standard InChI is InChI=1S/C9H13NO2.ClH/c1-12-9-5-3-2-4-7(9)8(10)6-11;/h2-5,8,11H,6,10H2,1H3;1H. The van der Waals surface area contributed by atoms with Crippen LogP contribution >= 0.6 is 12.4 Å². The van der Waals surface area contributed by atoms with Crippen LogP contribution in [0.4, 0.5) is 0 Å². The Balaban J connectivity index is 0.00000144. The van der Waals surface area contributed by atoms with E-state index < -0.39 is 0 Å². The Morgan fingerprint density at radius 2 is 2.08 bits per heavy atom. The number of rotatable bonds is 3. The number of hydrogen-bond donors (Lipinski definition) is 2. The molecule has 1 unspecified atom stereocenters. The van der Waals surface area contributed by atoms with Crippen molar-refractivity contribution >= 4 is 12.4 Å². The lowest BCUT2D eigenvalue weighted by molar-refractivity contribution is 0.264. The number of ether oxygens (including phenoxy) is 1. The third-order valence-corrected chi connectivity index (χ3v) is 1.74. The van der Waals surface area contributed by atoms with Crippen molar-refractivity contribution in [2.45, 2.75) is 6.04 Å². The smallest absolute Gasteiger partial charge is 0.123 e. The lowest BCUT2D eigenvalue weighted by Crippen LogP contribution is -2.15. The van der Waals surface area contributed by atoms with Crippen LogP contribution in [0.5, 0.6) is 5.75 Å². The average Bonchev–Trinajstić information content (AvgIpc) is 2.16. The van der Waals surface area contributed by atoms with Crippen molar-refractivity contribution in [3.05, 3.63) is 29.8 Å². The molecule has 0 aliphatic carbocycles. The predicted octanol–water partition coefficient (Wildman–Crippen LogP) is 1.11. The summed E-state index contributed by atoms with van der Waals surface area (Å²) in [5, 5.41) is 8.83. The molecule has 0 amide bonds. The van der Waals surface area contributed by atoms with Gasteiger partial charge in [-0.3, -0.25) is 0 Å². The molecule has 0 fully saturated rings. The van der Waals surface area contributed by atoms with Crippen LogP contribution in [0, 0.1) is 0 Å². The second-order valence-electron chi connectivity index (χ2n) is 2.53. The summed E-state index contributed by atoms with van der Waals surface area (Å²) in [4.78, 5) is 0. The van der Waals surface area contributed by atoms with Crippen molar-refractivity contribution in [1.29, 1.82) is 0 Å². The third-order valence-electron chi connectivity index (χ3n) is 1.74. The summed E-state index contributed by atoms with van der Waals surface area (Å²) >= 11 is 0. The minimum atomic E-state index is -0.360. The molecule has 0 aliphatic heterocycles. The van der Waals surface area contributed by atoms with Crippen LogP contribution in [0.15, 0.2) is 24.3 Å². The van der Waals surface area contributed by atoms with Gasteiger partial charge in [-0.2, -0.15) is 0 Å². The van der Waals surface area contributed by atoms with Gasteiger partial charge in [0, 0.05) is 5.56 Å². The van der Waals surface area contributed by atoms with Crippen molar-refractivity contribution in [3.63, 3.8) is 0 Å². The molecular formula is C9H14ClNO2. The fourth-order valence-corrected chi connectivity index (χ4v) is 1.07. The molecule has 0 aliphatic rings. The molecular weight excluding hydrogens is 190 g/mol. The van der Waals surface area contributed by atoms with Gasteiger partial charge in [0.1, 0.15) is 5.75 Å². The Bertz CT molecular complexity index is 255. The van der Waals surface area contributed by atoms with Gasteiger partial charge in [0.25, 0.3) is 0 Å². The maximum Gasteiger partial charge on any atom is 0.123 e. The number of aliphatic hydroxyl groups is 1. The summed E-state index contributed by atoms with van der Waals surface area (Å²) in [6.07, 6.45) is 0. The zero-order valence-electron chi connectivity index (χ0n) is 7.43. The van der Waals surface area contributed by atoms with Crippen LogP contribution in [0.3, 0.4) is 0 Å². The number of hydrogen-bond acceptors (Lipinski definition) is 3. The molecule has 0 aromatic heterocycles. The molecule has 13 heavy (non-hydrogen) atoms. The van der Waals surface area contributed by atoms with Crippen LogP contribution in [0.2, 0.25) is 0 Å². The van der Waals surface area contributed by atoms with E-state index in [1.165, 1.54) is 0 Å². The first-order valence-corrected chi connectivity index (χ1v) is 3.79. The average molecular weight is 204 g/mol. The van der Waals surface area contributed by atoms with Gasteiger partial charge >= 0.3 is 0 Å². The largest absolute Gasteiger partial charge is 0.496 e. The maximum atomic E-state index is 8.83. The van der Waals surface area contributed by atoms with Crippen molar-refractivity contribution in [2.75, 3.05) is 13.7 Å². The highest BCUT2D eigenvalue weighted by atomic mass is 35.5. The van der Waals surface area contributed by atoms with Gasteiger partial charge in [-0.05, 0) is 6.07 Å². The maximum absolute atomic E-state index is 8.83. The number of nitrogens with two attached hydrogens (primary N) is 1. The lowest BCUT2D eigenvalue weighted by atomic mass is 10.1. The zero-order valence-corrected chi connectivity index (χ0v) is 8.25. The van der Waals surface area contributed by atoms with Gasteiger partial charge in [0.15, 0.2) is 0 Å².